The first-order valence-electron chi connectivity index (χ1n) is 7.20. The number of ether oxygens (including phenoxy) is 1. The van der Waals surface area contributed by atoms with Crippen molar-refractivity contribution >= 4 is 5.96 Å². The highest BCUT2D eigenvalue weighted by Crippen LogP contribution is 2.02. The molecule has 1 aromatic heterocycles. The van der Waals surface area contributed by atoms with E-state index >= 15 is 0 Å². The molecule has 0 saturated carbocycles. The highest BCUT2D eigenvalue weighted by molar-refractivity contribution is 5.79. The zero-order chi connectivity index (χ0) is 14.8. The molecule has 0 unspecified atom stereocenters. The van der Waals surface area contributed by atoms with Gasteiger partial charge in [0, 0.05) is 39.0 Å². The molecule has 0 radical (unpaired) electrons. The lowest BCUT2D eigenvalue weighted by Gasteiger charge is -2.12. The topological polar surface area (TPSA) is 63.5 Å². The van der Waals surface area contributed by atoms with Gasteiger partial charge >= 0.3 is 0 Å². The first-order valence-corrected chi connectivity index (χ1v) is 7.20. The summed E-state index contributed by atoms with van der Waals surface area (Å²) in [5.74, 6) is 0.818. The van der Waals surface area contributed by atoms with Crippen molar-refractivity contribution in [3.8, 4) is 0 Å². The normalized spacial score (nSPS) is 11.7. The molecule has 20 heavy (non-hydrogen) atoms. The molecule has 1 aromatic rings. The minimum Gasteiger partial charge on any atom is -0.380 e. The summed E-state index contributed by atoms with van der Waals surface area (Å²) in [4.78, 5) is 4.17. The van der Waals surface area contributed by atoms with Crippen molar-refractivity contribution in [3.05, 3.63) is 17.5 Å². The summed E-state index contributed by atoms with van der Waals surface area (Å²) < 4.78 is 7.31. The van der Waals surface area contributed by atoms with E-state index in [1.54, 1.807) is 7.05 Å². The number of guanidine groups is 1. The molecule has 1 rings (SSSR count). The lowest BCUT2D eigenvalue weighted by Crippen LogP contribution is -2.39. The van der Waals surface area contributed by atoms with Gasteiger partial charge in [-0.2, -0.15) is 5.10 Å². The van der Waals surface area contributed by atoms with Crippen LogP contribution < -0.4 is 10.6 Å². The van der Waals surface area contributed by atoms with Crippen LogP contribution >= 0.6 is 0 Å². The summed E-state index contributed by atoms with van der Waals surface area (Å²) in [6.07, 6.45) is 1.01. The van der Waals surface area contributed by atoms with Crippen molar-refractivity contribution in [2.24, 2.45) is 4.99 Å². The van der Waals surface area contributed by atoms with Crippen LogP contribution in [0.25, 0.3) is 0 Å². The lowest BCUT2D eigenvalue weighted by atomic mass is 10.4. The fraction of sp³-hybridized carbons (Fsp3) is 0.714. The Hall–Kier alpha value is -1.56. The summed E-state index contributed by atoms with van der Waals surface area (Å²) in [7, 11) is 1.77. The van der Waals surface area contributed by atoms with E-state index in [0.717, 1.165) is 44.3 Å². The Morgan fingerprint density at radius 1 is 1.35 bits per heavy atom. The van der Waals surface area contributed by atoms with Gasteiger partial charge in [0.15, 0.2) is 5.96 Å². The Labute approximate surface area is 121 Å². The zero-order valence-corrected chi connectivity index (χ0v) is 13.1. The second kappa shape index (κ2) is 9.36. The molecule has 0 bridgehead atoms. The number of aliphatic imine (C=N–C) groups is 1. The van der Waals surface area contributed by atoms with Crippen molar-refractivity contribution in [2.75, 3.05) is 33.4 Å². The maximum Gasteiger partial charge on any atom is 0.191 e. The molecular weight excluding hydrogens is 254 g/mol. The van der Waals surface area contributed by atoms with Gasteiger partial charge in [0.05, 0.1) is 12.3 Å². The second-order valence-corrected chi connectivity index (χ2v) is 4.63. The average molecular weight is 281 g/mol. The first-order chi connectivity index (χ1) is 9.67. The van der Waals surface area contributed by atoms with Crippen molar-refractivity contribution in [3.63, 3.8) is 0 Å². The van der Waals surface area contributed by atoms with E-state index in [2.05, 4.69) is 33.7 Å². The highest BCUT2D eigenvalue weighted by Gasteiger charge is 2.01. The molecule has 1 heterocycles. The highest BCUT2D eigenvalue weighted by atomic mass is 16.5. The molecule has 0 aliphatic heterocycles. The van der Waals surface area contributed by atoms with Crippen LogP contribution in [0.3, 0.4) is 0 Å². The molecule has 0 aliphatic rings. The van der Waals surface area contributed by atoms with Gasteiger partial charge in [0.1, 0.15) is 0 Å². The molecule has 0 saturated heterocycles. The Kier molecular flexibility index (Phi) is 7.72. The number of rotatable bonds is 8. The standard InChI is InChI=1S/C14H27N5O/c1-5-20-10-8-17-14(15-4)16-7-6-9-19-13(3)11-12(2)18-19/h11H,5-10H2,1-4H3,(H2,15,16,17). The summed E-state index contributed by atoms with van der Waals surface area (Å²) >= 11 is 0. The molecule has 6 nitrogen and oxygen atoms in total. The van der Waals surface area contributed by atoms with Crippen molar-refractivity contribution < 1.29 is 4.74 Å². The molecular formula is C14H27N5O. The van der Waals surface area contributed by atoms with Crippen molar-refractivity contribution in [1.82, 2.24) is 20.4 Å². The van der Waals surface area contributed by atoms with Gasteiger partial charge in [-0.05, 0) is 33.3 Å². The fourth-order valence-corrected chi connectivity index (χ4v) is 1.94. The van der Waals surface area contributed by atoms with Crippen molar-refractivity contribution in [1.29, 1.82) is 0 Å². The Morgan fingerprint density at radius 3 is 2.70 bits per heavy atom. The maximum absolute atomic E-state index is 5.27. The third-order valence-electron chi connectivity index (χ3n) is 2.91. The minimum absolute atomic E-state index is 0.697. The number of aromatic nitrogens is 2. The second-order valence-electron chi connectivity index (χ2n) is 4.63. The van der Waals surface area contributed by atoms with Gasteiger partial charge in [-0.25, -0.2) is 0 Å². The molecule has 0 fully saturated rings. The molecule has 0 spiro atoms. The molecule has 114 valence electrons. The summed E-state index contributed by atoms with van der Waals surface area (Å²) in [6.45, 7) is 10.1. The van der Waals surface area contributed by atoms with Crippen LogP contribution in [0, 0.1) is 13.8 Å². The monoisotopic (exact) mass is 281 g/mol. The molecule has 0 amide bonds. The van der Waals surface area contributed by atoms with E-state index in [1.165, 1.54) is 5.69 Å². The summed E-state index contributed by atoms with van der Waals surface area (Å²) in [6, 6.07) is 2.10. The zero-order valence-electron chi connectivity index (χ0n) is 13.1. The van der Waals surface area contributed by atoms with Gasteiger partial charge in [0.2, 0.25) is 0 Å². The Bertz CT molecular complexity index is 414. The van der Waals surface area contributed by atoms with E-state index in [1.807, 2.05) is 18.5 Å². The summed E-state index contributed by atoms with van der Waals surface area (Å²) in [5, 5.41) is 10.9. The molecule has 0 aliphatic carbocycles. The van der Waals surface area contributed by atoms with Crippen LogP contribution in [-0.2, 0) is 11.3 Å². The molecule has 0 aromatic carbocycles. The number of nitrogens with zero attached hydrogens (tertiary/aromatic N) is 3. The van der Waals surface area contributed by atoms with E-state index in [0.29, 0.717) is 6.61 Å². The maximum atomic E-state index is 5.27. The van der Waals surface area contributed by atoms with Crippen LogP contribution in [0.2, 0.25) is 0 Å². The van der Waals surface area contributed by atoms with Crippen LogP contribution in [0.4, 0.5) is 0 Å². The quantitative estimate of drug-likeness (QED) is 0.425. The minimum atomic E-state index is 0.697. The summed E-state index contributed by atoms with van der Waals surface area (Å²) in [5.41, 5.74) is 2.28. The number of hydrogen-bond acceptors (Lipinski definition) is 3. The third-order valence-corrected chi connectivity index (χ3v) is 2.91. The van der Waals surface area contributed by atoms with E-state index in [9.17, 15) is 0 Å². The van der Waals surface area contributed by atoms with Gasteiger partial charge in [0.25, 0.3) is 0 Å². The van der Waals surface area contributed by atoms with Crippen molar-refractivity contribution in [2.45, 2.75) is 33.7 Å². The van der Waals surface area contributed by atoms with Gasteiger partial charge in [-0.15, -0.1) is 0 Å². The lowest BCUT2D eigenvalue weighted by molar-refractivity contribution is 0.152. The predicted molar refractivity (Wildman–Crippen MR) is 82.2 cm³/mol. The van der Waals surface area contributed by atoms with Crippen LogP contribution in [0.1, 0.15) is 24.7 Å². The fourth-order valence-electron chi connectivity index (χ4n) is 1.94. The SMILES string of the molecule is CCOCCNC(=NC)NCCCn1nc(C)cc1C. The largest absolute Gasteiger partial charge is 0.380 e. The van der Waals surface area contributed by atoms with Crippen LogP contribution in [0.15, 0.2) is 11.1 Å². The smallest absolute Gasteiger partial charge is 0.191 e. The predicted octanol–water partition coefficient (Wildman–Crippen LogP) is 1.09. The van der Waals surface area contributed by atoms with Gasteiger partial charge in [-0.1, -0.05) is 0 Å². The molecule has 0 atom stereocenters. The van der Waals surface area contributed by atoms with E-state index < -0.39 is 0 Å². The van der Waals surface area contributed by atoms with Crippen LogP contribution in [-0.4, -0.2) is 49.1 Å². The van der Waals surface area contributed by atoms with Crippen LogP contribution in [0.5, 0.6) is 0 Å². The third kappa shape index (κ3) is 6.06. The molecule has 6 heteroatoms. The molecule has 2 N–H and O–H groups in total. The Morgan fingerprint density at radius 2 is 2.10 bits per heavy atom. The number of hydrogen-bond donors (Lipinski definition) is 2. The van der Waals surface area contributed by atoms with Gasteiger partial charge in [-0.3, -0.25) is 9.67 Å². The average Bonchev–Trinajstić information content (AvgIpc) is 2.75. The number of aryl methyl sites for hydroxylation is 3. The van der Waals surface area contributed by atoms with E-state index in [-0.39, 0.29) is 0 Å². The van der Waals surface area contributed by atoms with Gasteiger partial charge < -0.3 is 15.4 Å². The van der Waals surface area contributed by atoms with E-state index in [4.69, 9.17) is 4.74 Å². The first kappa shape index (κ1) is 16.5. The Balaban J connectivity index is 2.17. The number of nitrogens with one attached hydrogen (secondary N) is 2.